The Balaban J connectivity index is 1.40. The van der Waals surface area contributed by atoms with Crippen molar-refractivity contribution in [3.05, 3.63) is 95.0 Å². The van der Waals surface area contributed by atoms with Crippen LogP contribution in [0.25, 0.3) is 26.4 Å². The maximum atomic E-state index is 13.4. The van der Waals surface area contributed by atoms with Gasteiger partial charge < -0.3 is 15.2 Å². The lowest BCUT2D eigenvalue weighted by Crippen LogP contribution is -1.98. The van der Waals surface area contributed by atoms with Crippen LogP contribution in [0.4, 0.5) is 15.9 Å². The van der Waals surface area contributed by atoms with Gasteiger partial charge in [0.1, 0.15) is 35.1 Å². The van der Waals surface area contributed by atoms with Crippen molar-refractivity contribution in [3.8, 4) is 5.75 Å². The van der Waals surface area contributed by atoms with Crippen LogP contribution in [-0.4, -0.2) is 21.7 Å². The molecule has 8 heteroatoms. The standard InChI is InChI=1S/C26H19ClFN3O2S/c27-21-13-19(7-9-22(21)33-14-17-3-1-5-18(28)11-17)31-25-24-20-8-6-16(4-2-10-32)12-23(20)34-26(24)30-15-29-25/h1-9,11-13,15,32H,10,14H2,(H,29,30,31). The van der Waals surface area contributed by atoms with E-state index in [1.807, 2.05) is 24.3 Å². The normalized spacial score (nSPS) is 11.5. The second kappa shape index (κ2) is 9.77. The van der Waals surface area contributed by atoms with E-state index in [9.17, 15) is 4.39 Å². The Labute approximate surface area is 204 Å². The highest BCUT2D eigenvalue weighted by atomic mass is 35.5. The molecule has 5 aromatic rings. The van der Waals surface area contributed by atoms with Gasteiger partial charge in [0, 0.05) is 15.8 Å². The zero-order valence-electron chi connectivity index (χ0n) is 17.8. The molecule has 2 aromatic heterocycles. The summed E-state index contributed by atoms with van der Waals surface area (Å²) in [5.74, 6) is 0.884. The van der Waals surface area contributed by atoms with Crippen LogP contribution in [0.5, 0.6) is 5.75 Å². The number of rotatable bonds is 7. The largest absolute Gasteiger partial charge is 0.487 e. The molecule has 0 bridgehead atoms. The SMILES string of the molecule is OCC=Cc1ccc2c(c1)sc1ncnc(Nc3ccc(OCc4cccc(F)c4)c(Cl)c3)c12. The molecule has 0 spiro atoms. The highest BCUT2D eigenvalue weighted by Crippen LogP contribution is 2.38. The fraction of sp³-hybridized carbons (Fsp3) is 0.0769. The van der Waals surface area contributed by atoms with Gasteiger partial charge in [-0.2, -0.15) is 0 Å². The highest BCUT2D eigenvalue weighted by molar-refractivity contribution is 7.25. The number of benzene rings is 3. The molecule has 0 aliphatic carbocycles. The molecule has 5 rings (SSSR count). The lowest BCUT2D eigenvalue weighted by atomic mass is 10.1. The number of ether oxygens (including phenoxy) is 1. The van der Waals surface area contributed by atoms with Crippen molar-refractivity contribution in [1.82, 2.24) is 9.97 Å². The Kier molecular flexibility index (Phi) is 6.40. The molecule has 2 heterocycles. The summed E-state index contributed by atoms with van der Waals surface area (Å²) in [6.07, 6.45) is 5.12. The van der Waals surface area contributed by atoms with E-state index in [1.165, 1.54) is 18.5 Å². The number of nitrogens with zero attached hydrogens (tertiary/aromatic N) is 2. The molecule has 34 heavy (non-hydrogen) atoms. The van der Waals surface area contributed by atoms with Crippen molar-refractivity contribution >= 4 is 60.8 Å². The monoisotopic (exact) mass is 491 g/mol. The molecular formula is C26H19ClFN3O2S. The van der Waals surface area contributed by atoms with Crippen LogP contribution in [0.15, 0.2) is 73.1 Å². The molecule has 0 fully saturated rings. The molecule has 0 aliphatic rings. The highest BCUT2D eigenvalue weighted by Gasteiger charge is 2.13. The zero-order valence-corrected chi connectivity index (χ0v) is 19.4. The summed E-state index contributed by atoms with van der Waals surface area (Å²) in [7, 11) is 0. The van der Waals surface area contributed by atoms with Crippen molar-refractivity contribution < 1.29 is 14.2 Å². The first-order chi connectivity index (χ1) is 16.6. The Morgan fingerprint density at radius 3 is 2.82 bits per heavy atom. The molecule has 3 aromatic carbocycles. The van der Waals surface area contributed by atoms with Crippen LogP contribution in [0.3, 0.4) is 0 Å². The number of halogens is 2. The summed E-state index contributed by atoms with van der Waals surface area (Å²) < 4.78 is 20.2. The van der Waals surface area contributed by atoms with E-state index in [0.717, 1.165) is 37.1 Å². The molecular weight excluding hydrogens is 473 g/mol. The summed E-state index contributed by atoms with van der Waals surface area (Å²) in [5.41, 5.74) is 2.49. The van der Waals surface area contributed by atoms with E-state index in [4.69, 9.17) is 21.4 Å². The first-order valence-electron chi connectivity index (χ1n) is 10.5. The van der Waals surface area contributed by atoms with E-state index in [2.05, 4.69) is 21.4 Å². The predicted octanol–water partition coefficient (Wildman–Crippen LogP) is 6.97. The topological polar surface area (TPSA) is 67.3 Å². The maximum Gasteiger partial charge on any atom is 0.143 e. The summed E-state index contributed by atoms with van der Waals surface area (Å²) in [6, 6.07) is 17.8. The predicted molar refractivity (Wildman–Crippen MR) is 137 cm³/mol. The van der Waals surface area contributed by atoms with Gasteiger partial charge in [0.15, 0.2) is 0 Å². The van der Waals surface area contributed by atoms with Crippen molar-refractivity contribution in [3.63, 3.8) is 0 Å². The van der Waals surface area contributed by atoms with Gasteiger partial charge in [0.05, 0.1) is 17.0 Å². The van der Waals surface area contributed by atoms with E-state index in [1.54, 1.807) is 41.7 Å². The van der Waals surface area contributed by atoms with Crippen molar-refractivity contribution in [1.29, 1.82) is 0 Å². The fourth-order valence-electron chi connectivity index (χ4n) is 3.63. The quantitative estimate of drug-likeness (QED) is 0.257. The maximum absolute atomic E-state index is 13.4. The number of fused-ring (bicyclic) bond motifs is 3. The van der Waals surface area contributed by atoms with Gasteiger partial charge in [0.25, 0.3) is 0 Å². The molecule has 5 nitrogen and oxygen atoms in total. The fourth-order valence-corrected chi connectivity index (χ4v) is 4.96. The summed E-state index contributed by atoms with van der Waals surface area (Å²) in [5, 5.41) is 14.8. The third-order valence-electron chi connectivity index (χ3n) is 5.19. The van der Waals surface area contributed by atoms with Gasteiger partial charge in [-0.1, -0.05) is 48.0 Å². The first-order valence-corrected chi connectivity index (χ1v) is 11.7. The minimum atomic E-state index is -0.304. The average Bonchev–Trinajstić information content (AvgIpc) is 3.21. The number of aliphatic hydroxyl groups excluding tert-OH is 1. The third-order valence-corrected chi connectivity index (χ3v) is 6.54. The first kappa shape index (κ1) is 22.3. The smallest absolute Gasteiger partial charge is 0.143 e. The Morgan fingerprint density at radius 1 is 1.09 bits per heavy atom. The molecule has 0 atom stereocenters. The second-order valence-electron chi connectivity index (χ2n) is 7.53. The summed E-state index contributed by atoms with van der Waals surface area (Å²) in [4.78, 5) is 9.77. The van der Waals surface area contributed by atoms with Crippen LogP contribution < -0.4 is 10.1 Å². The average molecular weight is 492 g/mol. The second-order valence-corrected chi connectivity index (χ2v) is 8.97. The molecule has 0 amide bonds. The zero-order chi connectivity index (χ0) is 23.5. The lowest BCUT2D eigenvalue weighted by molar-refractivity contribution is 0.306. The number of aromatic nitrogens is 2. The lowest BCUT2D eigenvalue weighted by Gasteiger charge is -2.11. The Morgan fingerprint density at radius 2 is 2.00 bits per heavy atom. The molecule has 170 valence electrons. The molecule has 0 unspecified atom stereocenters. The number of hydrogen-bond acceptors (Lipinski definition) is 6. The van der Waals surface area contributed by atoms with Gasteiger partial charge in [-0.05, 0) is 47.5 Å². The van der Waals surface area contributed by atoms with Crippen molar-refractivity contribution in [2.75, 3.05) is 11.9 Å². The minimum Gasteiger partial charge on any atom is -0.487 e. The summed E-state index contributed by atoms with van der Waals surface area (Å²) >= 11 is 8.04. The van der Waals surface area contributed by atoms with E-state index < -0.39 is 0 Å². The van der Waals surface area contributed by atoms with Gasteiger partial charge in [-0.25, -0.2) is 14.4 Å². The Bertz CT molecular complexity index is 1520. The van der Waals surface area contributed by atoms with Crippen LogP contribution in [0, 0.1) is 5.82 Å². The number of thiophene rings is 1. The van der Waals surface area contributed by atoms with Crippen molar-refractivity contribution in [2.24, 2.45) is 0 Å². The van der Waals surface area contributed by atoms with Gasteiger partial charge in [0.2, 0.25) is 0 Å². The number of nitrogens with one attached hydrogen (secondary N) is 1. The number of aliphatic hydroxyl groups is 1. The molecule has 0 saturated carbocycles. The number of hydrogen-bond donors (Lipinski definition) is 2. The third kappa shape index (κ3) is 4.72. The Hall–Kier alpha value is -3.52. The molecule has 0 saturated heterocycles. The summed E-state index contributed by atoms with van der Waals surface area (Å²) in [6.45, 7) is 0.217. The van der Waals surface area contributed by atoms with Gasteiger partial charge in [-0.3, -0.25) is 0 Å². The minimum absolute atomic E-state index is 0.00118. The van der Waals surface area contributed by atoms with E-state index in [0.29, 0.717) is 16.6 Å². The molecule has 0 radical (unpaired) electrons. The molecule has 2 N–H and O–H groups in total. The number of anilines is 2. The van der Waals surface area contributed by atoms with Crippen LogP contribution >= 0.6 is 22.9 Å². The van der Waals surface area contributed by atoms with Gasteiger partial charge in [-0.15, -0.1) is 11.3 Å². The van der Waals surface area contributed by atoms with E-state index >= 15 is 0 Å². The van der Waals surface area contributed by atoms with E-state index in [-0.39, 0.29) is 19.0 Å². The van der Waals surface area contributed by atoms with Crippen LogP contribution in [0.2, 0.25) is 5.02 Å². The van der Waals surface area contributed by atoms with Crippen LogP contribution in [0.1, 0.15) is 11.1 Å². The van der Waals surface area contributed by atoms with Crippen LogP contribution in [-0.2, 0) is 6.61 Å². The van der Waals surface area contributed by atoms with Gasteiger partial charge >= 0.3 is 0 Å². The molecule has 0 aliphatic heterocycles. The van der Waals surface area contributed by atoms with Crippen molar-refractivity contribution in [2.45, 2.75) is 6.61 Å².